The number of nitrogens with one attached hydrogen (secondary N) is 1. The van der Waals surface area contributed by atoms with Crippen molar-refractivity contribution in [2.45, 2.75) is 32.4 Å². The topological polar surface area (TPSA) is 84.5 Å². The van der Waals surface area contributed by atoms with Crippen LogP contribution in [-0.4, -0.2) is 31.4 Å². The molecule has 5 nitrogen and oxygen atoms in total. The third-order valence-electron chi connectivity index (χ3n) is 2.90. The number of hydrogen-bond donors (Lipinski definition) is 2. The quantitative estimate of drug-likeness (QED) is 0.441. The number of hydrogen-bond acceptors (Lipinski definition) is 3. The smallest absolute Gasteiger partial charge is 0.193 e. The van der Waals surface area contributed by atoms with Crippen molar-refractivity contribution in [1.29, 1.82) is 0 Å². The van der Waals surface area contributed by atoms with Crippen LogP contribution in [0, 0.1) is 6.92 Å². The SMILES string of the molecule is Cc1ccc(NC(N)=NCCS(=O)(=O)C(C)(C)C)cc1.I. The van der Waals surface area contributed by atoms with E-state index in [1.54, 1.807) is 20.8 Å². The zero-order valence-corrected chi connectivity index (χ0v) is 16.0. The number of halogens is 1. The molecule has 0 aliphatic rings. The van der Waals surface area contributed by atoms with Gasteiger partial charge in [0, 0.05) is 5.69 Å². The van der Waals surface area contributed by atoms with Crippen LogP contribution in [0.15, 0.2) is 29.3 Å². The molecular formula is C14H24IN3O2S. The van der Waals surface area contributed by atoms with Gasteiger partial charge in [-0.25, -0.2) is 8.42 Å². The van der Waals surface area contributed by atoms with E-state index in [1.807, 2.05) is 31.2 Å². The maximum Gasteiger partial charge on any atom is 0.193 e. The number of rotatable bonds is 4. The summed E-state index contributed by atoms with van der Waals surface area (Å²) in [4.78, 5) is 4.04. The van der Waals surface area contributed by atoms with Crippen LogP contribution in [-0.2, 0) is 9.84 Å². The maximum absolute atomic E-state index is 11.9. The highest BCUT2D eigenvalue weighted by atomic mass is 127. The summed E-state index contributed by atoms with van der Waals surface area (Å²) in [6, 6.07) is 7.70. The van der Waals surface area contributed by atoms with Gasteiger partial charge in [0.1, 0.15) is 0 Å². The lowest BCUT2D eigenvalue weighted by molar-refractivity contribution is 0.560. The monoisotopic (exact) mass is 425 g/mol. The van der Waals surface area contributed by atoms with Gasteiger partial charge in [0.15, 0.2) is 15.8 Å². The second-order valence-electron chi connectivity index (χ2n) is 5.69. The minimum atomic E-state index is -3.16. The van der Waals surface area contributed by atoms with Crippen LogP contribution in [0.25, 0.3) is 0 Å². The van der Waals surface area contributed by atoms with E-state index in [0.717, 1.165) is 11.3 Å². The second kappa shape index (κ2) is 7.98. The molecule has 0 radical (unpaired) electrons. The molecule has 0 spiro atoms. The van der Waals surface area contributed by atoms with E-state index < -0.39 is 14.6 Å². The predicted octanol–water partition coefficient (Wildman–Crippen LogP) is 2.55. The van der Waals surface area contributed by atoms with Crippen LogP contribution in [0.3, 0.4) is 0 Å². The van der Waals surface area contributed by atoms with Crippen molar-refractivity contribution in [3.05, 3.63) is 29.8 Å². The highest BCUT2D eigenvalue weighted by Crippen LogP contribution is 2.15. The van der Waals surface area contributed by atoms with Crippen molar-refractivity contribution >= 4 is 45.5 Å². The maximum atomic E-state index is 11.9. The Bertz CT molecular complexity index is 575. The summed E-state index contributed by atoms with van der Waals surface area (Å²) in [7, 11) is -3.16. The fraction of sp³-hybridized carbons (Fsp3) is 0.500. The summed E-state index contributed by atoms with van der Waals surface area (Å²) in [6.45, 7) is 7.20. The molecule has 0 fully saturated rings. The summed E-state index contributed by atoms with van der Waals surface area (Å²) in [5.41, 5.74) is 7.71. The summed E-state index contributed by atoms with van der Waals surface area (Å²) in [5.74, 6) is 0.213. The molecule has 1 aromatic rings. The molecule has 0 unspecified atom stereocenters. The minimum Gasteiger partial charge on any atom is -0.370 e. The number of benzene rings is 1. The molecule has 1 aromatic carbocycles. The largest absolute Gasteiger partial charge is 0.370 e. The molecule has 0 bridgehead atoms. The molecule has 0 aliphatic heterocycles. The van der Waals surface area contributed by atoms with Gasteiger partial charge in [-0.2, -0.15) is 0 Å². The first-order chi connectivity index (χ1) is 9.12. The first kappa shape index (κ1) is 20.2. The average Bonchev–Trinajstić information content (AvgIpc) is 2.30. The van der Waals surface area contributed by atoms with Crippen LogP contribution in [0.1, 0.15) is 26.3 Å². The lowest BCUT2D eigenvalue weighted by Crippen LogP contribution is -2.32. The fourth-order valence-electron chi connectivity index (χ4n) is 1.42. The highest BCUT2D eigenvalue weighted by Gasteiger charge is 2.28. The number of aliphatic imine (C=N–C) groups is 1. The van der Waals surface area contributed by atoms with Crippen LogP contribution in [0.2, 0.25) is 0 Å². The Morgan fingerprint density at radius 1 is 1.24 bits per heavy atom. The highest BCUT2D eigenvalue weighted by molar-refractivity contribution is 14.0. The summed E-state index contributed by atoms with van der Waals surface area (Å²) >= 11 is 0. The van der Waals surface area contributed by atoms with Crippen LogP contribution in [0.5, 0.6) is 0 Å². The van der Waals surface area contributed by atoms with Gasteiger partial charge in [-0.15, -0.1) is 24.0 Å². The van der Waals surface area contributed by atoms with Crippen molar-refractivity contribution in [3.8, 4) is 0 Å². The second-order valence-corrected chi connectivity index (χ2v) is 8.55. The predicted molar refractivity (Wildman–Crippen MR) is 100 cm³/mol. The van der Waals surface area contributed by atoms with Crippen molar-refractivity contribution in [2.75, 3.05) is 17.6 Å². The Balaban J connectivity index is 0.00000400. The number of guanidine groups is 1. The third kappa shape index (κ3) is 6.64. The number of aryl methyl sites for hydroxylation is 1. The lowest BCUT2D eigenvalue weighted by atomic mass is 10.2. The van der Waals surface area contributed by atoms with Crippen LogP contribution in [0.4, 0.5) is 5.69 Å². The van der Waals surface area contributed by atoms with Crippen molar-refractivity contribution in [2.24, 2.45) is 10.7 Å². The Hall–Kier alpha value is -0.830. The molecule has 0 aliphatic carbocycles. The summed E-state index contributed by atoms with van der Waals surface area (Å²) in [6.07, 6.45) is 0. The molecule has 3 N–H and O–H groups in total. The Labute approximate surface area is 144 Å². The first-order valence-electron chi connectivity index (χ1n) is 6.48. The molecule has 0 saturated carbocycles. The van der Waals surface area contributed by atoms with Crippen LogP contribution < -0.4 is 11.1 Å². The Morgan fingerprint density at radius 2 is 1.76 bits per heavy atom. The van der Waals surface area contributed by atoms with Gasteiger partial charge in [0.2, 0.25) is 0 Å². The third-order valence-corrected chi connectivity index (χ3v) is 5.49. The zero-order valence-electron chi connectivity index (χ0n) is 12.9. The summed E-state index contributed by atoms with van der Waals surface area (Å²) in [5, 5.41) is 2.93. The minimum absolute atomic E-state index is 0. The average molecular weight is 425 g/mol. The number of nitrogens with two attached hydrogens (primary N) is 1. The van der Waals surface area contributed by atoms with Gasteiger partial charge >= 0.3 is 0 Å². The fourth-order valence-corrected chi connectivity index (χ4v) is 2.36. The summed E-state index contributed by atoms with van der Waals surface area (Å²) < 4.78 is 23.0. The molecule has 0 aromatic heterocycles. The van der Waals surface area contributed by atoms with E-state index in [1.165, 1.54) is 0 Å². The van der Waals surface area contributed by atoms with Gasteiger partial charge < -0.3 is 11.1 Å². The Morgan fingerprint density at radius 3 is 2.24 bits per heavy atom. The lowest BCUT2D eigenvalue weighted by Gasteiger charge is -2.18. The molecule has 120 valence electrons. The standard InChI is InChI=1S/C14H23N3O2S.HI/c1-11-5-7-12(8-6-11)17-13(15)16-9-10-20(18,19)14(2,3)4;/h5-8H,9-10H2,1-4H3,(H3,15,16,17);1H. The molecule has 0 amide bonds. The van der Waals surface area contributed by atoms with Gasteiger partial charge in [-0.05, 0) is 39.8 Å². The van der Waals surface area contributed by atoms with E-state index in [9.17, 15) is 8.42 Å². The van der Waals surface area contributed by atoms with Gasteiger partial charge in [-0.1, -0.05) is 17.7 Å². The van der Waals surface area contributed by atoms with Gasteiger partial charge in [0.25, 0.3) is 0 Å². The number of sulfone groups is 1. The van der Waals surface area contributed by atoms with E-state index in [-0.39, 0.29) is 42.2 Å². The van der Waals surface area contributed by atoms with E-state index in [2.05, 4.69) is 10.3 Å². The van der Waals surface area contributed by atoms with E-state index in [0.29, 0.717) is 0 Å². The zero-order chi connectivity index (χ0) is 15.4. The molecule has 7 heteroatoms. The number of anilines is 1. The molecular weight excluding hydrogens is 401 g/mol. The molecule has 0 atom stereocenters. The van der Waals surface area contributed by atoms with Crippen molar-refractivity contribution in [3.63, 3.8) is 0 Å². The van der Waals surface area contributed by atoms with Crippen molar-refractivity contribution in [1.82, 2.24) is 0 Å². The van der Waals surface area contributed by atoms with Crippen molar-refractivity contribution < 1.29 is 8.42 Å². The first-order valence-corrected chi connectivity index (χ1v) is 8.13. The molecule has 1 rings (SSSR count). The van der Waals surface area contributed by atoms with Crippen LogP contribution >= 0.6 is 24.0 Å². The Kier molecular flexibility index (Phi) is 7.66. The van der Waals surface area contributed by atoms with Gasteiger partial charge in [0.05, 0.1) is 17.0 Å². The normalized spacial score (nSPS) is 12.7. The van der Waals surface area contributed by atoms with Gasteiger partial charge in [-0.3, -0.25) is 4.99 Å². The molecule has 0 heterocycles. The number of nitrogens with zero attached hydrogens (tertiary/aromatic N) is 1. The molecule has 0 saturated heterocycles. The van der Waals surface area contributed by atoms with E-state index >= 15 is 0 Å². The van der Waals surface area contributed by atoms with E-state index in [4.69, 9.17) is 5.73 Å². The molecule has 21 heavy (non-hydrogen) atoms.